The molecule has 1 unspecified atom stereocenters. The molecule has 0 aromatic heterocycles. The zero-order valence-corrected chi connectivity index (χ0v) is 9.97. The van der Waals surface area contributed by atoms with Crippen LogP contribution < -0.4 is 0 Å². The number of fused-ring (bicyclic) bond motifs is 3. The Bertz CT molecular complexity index is 392. The van der Waals surface area contributed by atoms with E-state index in [9.17, 15) is 4.79 Å². The molecule has 5 atom stereocenters. The summed E-state index contributed by atoms with van der Waals surface area (Å²) < 4.78 is 23.2. The molecule has 0 aromatic rings. The molecule has 3 saturated heterocycles. The standard InChI is InChI=1S/C12H16O5/c1-11(2)15-7-5-12-4-6(10(7)17-11)14-8(12)3-9(13)16-12/h6-8,10H,3-5H2,1-2H3/t6-,7+,8-,10?,12+/m0/s1. The van der Waals surface area contributed by atoms with Crippen LogP contribution in [0.25, 0.3) is 0 Å². The van der Waals surface area contributed by atoms with Crippen LogP contribution in [0, 0.1) is 0 Å². The number of esters is 1. The third-order valence-electron chi connectivity index (χ3n) is 4.28. The zero-order valence-electron chi connectivity index (χ0n) is 9.97. The third kappa shape index (κ3) is 1.27. The SMILES string of the molecule is CC1(C)OC2[C@@H]3C[C@]4(C[C@H]2O1)OC(=O)C[C@@H]4O3. The molecule has 17 heavy (non-hydrogen) atoms. The van der Waals surface area contributed by atoms with Crippen LogP contribution in [0.15, 0.2) is 0 Å². The Hall–Kier alpha value is -0.650. The van der Waals surface area contributed by atoms with E-state index < -0.39 is 11.4 Å². The minimum Gasteiger partial charge on any atom is -0.456 e. The van der Waals surface area contributed by atoms with E-state index in [1.165, 1.54) is 0 Å². The highest BCUT2D eigenvalue weighted by Gasteiger charge is 2.66. The fourth-order valence-corrected chi connectivity index (χ4v) is 3.74. The van der Waals surface area contributed by atoms with E-state index in [0.717, 1.165) is 6.42 Å². The van der Waals surface area contributed by atoms with Gasteiger partial charge in [0.1, 0.15) is 17.8 Å². The van der Waals surface area contributed by atoms with Crippen molar-refractivity contribution in [1.82, 2.24) is 0 Å². The minimum absolute atomic E-state index is 0.00799. The van der Waals surface area contributed by atoms with Gasteiger partial charge in [0.25, 0.3) is 0 Å². The predicted molar refractivity (Wildman–Crippen MR) is 55.2 cm³/mol. The average Bonchev–Trinajstić information content (AvgIpc) is 2.72. The van der Waals surface area contributed by atoms with Gasteiger partial charge in [0.2, 0.25) is 0 Å². The van der Waals surface area contributed by atoms with Gasteiger partial charge in [0.15, 0.2) is 5.79 Å². The number of hydrogen-bond acceptors (Lipinski definition) is 5. The first-order chi connectivity index (χ1) is 7.97. The summed E-state index contributed by atoms with van der Waals surface area (Å²) in [5, 5.41) is 0. The van der Waals surface area contributed by atoms with Crippen LogP contribution in [0.4, 0.5) is 0 Å². The Kier molecular flexibility index (Phi) is 1.72. The highest BCUT2D eigenvalue weighted by atomic mass is 16.8. The van der Waals surface area contributed by atoms with Crippen LogP contribution in [0.5, 0.6) is 0 Å². The molecule has 0 radical (unpaired) electrons. The van der Waals surface area contributed by atoms with E-state index in [0.29, 0.717) is 12.8 Å². The molecular weight excluding hydrogens is 224 g/mol. The third-order valence-corrected chi connectivity index (χ3v) is 4.28. The molecule has 0 aromatic carbocycles. The molecule has 1 saturated carbocycles. The van der Waals surface area contributed by atoms with Crippen LogP contribution in [0.1, 0.15) is 33.1 Å². The summed E-state index contributed by atoms with van der Waals surface area (Å²) in [6.45, 7) is 3.82. The monoisotopic (exact) mass is 240 g/mol. The predicted octanol–water partition coefficient (Wildman–Crippen LogP) is 0.753. The Balaban J connectivity index is 1.66. The lowest BCUT2D eigenvalue weighted by Gasteiger charge is -2.34. The number of carbonyl (C=O) groups excluding carboxylic acids is 1. The Morgan fingerprint density at radius 1 is 1.18 bits per heavy atom. The van der Waals surface area contributed by atoms with Crippen molar-refractivity contribution in [1.29, 1.82) is 0 Å². The quantitative estimate of drug-likeness (QED) is 0.585. The number of carbonyl (C=O) groups is 1. The summed E-state index contributed by atoms with van der Waals surface area (Å²) in [5.74, 6) is -0.706. The molecular formula is C12H16O5. The Labute approximate surface area is 99.3 Å². The topological polar surface area (TPSA) is 54.0 Å². The van der Waals surface area contributed by atoms with Crippen molar-refractivity contribution in [2.24, 2.45) is 0 Å². The number of rotatable bonds is 0. The molecule has 4 rings (SSSR count). The van der Waals surface area contributed by atoms with E-state index in [-0.39, 0.29) is 30.4 Å². The number of hydrogen-bond donors (Lipinski definition) is 0. The molecule has 1 spiro atoms. The summed E-state index contributed by atoms with van der Waals surface area (Å²) in [5.41, 5.74) is -0.438. The van der Waals surface area contributed by atoms with E-state index >= 15 is 0 Å². The highest BCUT2D eigenvalue weighted by molar-refractivity contribution is 5.73. The van der Waals surface area contributed by atoms with Crippen molar-refractivity contribution in [3.05, 3.63) is 0 Å². The second kappa shape index (κ2) is 2.84. The average molecular weight is 240 g/mol. The van der Waals surface area contributed by atoms with Gasteiger partial charge >= 0.3 is 5.97 Å². The first kappa shape index (κ1) is 10.3. The highest BCUT2D eigenvalue weighted by Crippen LogP contribution is 2.53. The van der Waals surface area contributed by atoms with Gasteiger partial charge in [-0.15, -0.1) is 0 Å². The number of ether oxygens (including phenoxy) is 4. The lowest BCUT2D eigenvalue weighted by molar-refractivity contribution is -0.162. The van der Waals surface area contributed by atoms with Gasteiger partial charge in [-0.3, -0.25) is 4.79 Å². The zero-order chi connectivity index (χ0) is 11.8. The van der Waals surface area contributed by atoms with Crippen molar-refractivity contribution in [3.63, 3.8) is 0 Å². The van der Waals surface area contributed by atoms with Crippen molar-refractivity contribution in [3.8, 4) is 0 Å². The molecule has 3 heterocycles. The van der Waals surface area contributed by atoms with Gasteiger partial charge in [-0.2, -0.15) is 0 Å². The Morgan fingerprint density at radius 3 is 2.76 bits per heavy atom. The largest absolute Gasteiger partial charge is 0.456 e. The van der Waals surface area contributed by atoms with Gasteiger partial charge in [0.05, 0.1) is 18.6 Å². The smallest absolute Gasteiger partial charge is 0.309 e. The summed E-state index contributed by atoms with van der Waals surface area (Å²) in [7, 11) is 0. The fraction of sp³-hybridized carbons (Fsp3) is 0.917. The maximum absolute atomic E-state index is 11.4. The van der Waals surface area contributed by atoms with Crippen molar-refractivity contribution in [2.75, 3.05) is 0 Å². The maximum Gasteiger partial charge on any atom is 0.309 e. The molecule has 0 amide bonds. The summed E-state index contributed by atoms with van der Waals surface area (Å²) in [6, 6.07) is 0. The molecule has 4 aliphatic rings. The lowest BCUT2D eigenvalue weighted by atomic mass is 9.80. The minimum atomic E-state index is -0.558. The summed E-state index contributed by atoms with van der Waals surface area (Å²) >= 11 is 0. The Morgan fingerprint density at radius 2 is 1.94 bits per heavy atom. The molecule has 1 aliphatic carbocycles. The maximum atomic E-state index is 11.4. The van der Waals surface area contributed by atoms with Gasteiger partial charge in [-0.05, 0) is 13.8 Å². The molecule has 3 aliphatic heterocycles. The van der Waals surface area contributed by atoms with E-state index in [1.54, 1.807) is 0 Å². The second-order valence-corrected chi connectivity index (χ2v) is 5.95. The molecule has 2 bridgehead atoms. The normalized spacial score (nSPS) is 54.4. The first-order valence-corrected chi connectivity index (χ1v) is 6.20. The van der Waals surface area contributed by atoms with E-state index in [2.05, 4.69) is 0 Å². The summed E-state index contributed by atoms with van der Waals surface area (Å²) in [4.78, 5) is 11.4. The van der Waals surface area contributed by atoms with Gasteiger partial charge < -0.3 is 18.9 Å². The van der Waals surface area contributed by atoms with E-state index in [1.807, 2.05) is 13.8 Å². The van der Waals surface area contributed by atoms with Gasteiger partial charge in [0, 0.05) is 12.8 Å². The van der Waals surface area contributed by atoms with Crippen LogP contribution in [-0.2, 0) is 23.7 Å². The molecule has 5 heteroatoms. The fourth-order valence-electron chi connectivity index (χ4n) is 3.74. The van der Waals surface area contributed by atoms with Gasteiger partial charge in [-0.1, -0.05) is 0 Å². The van der Waals surface area contributed by atoms with Crippen molar-refractivity contribution < 1.29 is 23.7 Å². The lowest BCUT2D eigenvalue weighted by Crippen LogP contribution is -2.47. The molecule has 94 valence electrons. The molecule has 0 N–H and O–H groups in total. The van der Waals surface area contributed by atoms with E-state index in [4.69, 9.17) is 18.9 Å². The summed E-state index contributed by atoms with van der Waals surface area (Å²) in [6.07, 6.45) is 1.71. The molecule has 4 fully saturated rings. The second-order valence-electron chi connectivity index (χ2n) is 5.95. The van der Waals surface area contributed by atoms with Crippen LogP contribution in [-0.4, -0.2) is 41.8 Å². The van der Waals surface area contributed by atoms with Crippen LogP contribution in [0.3, 0.4) is 0 Å². The van der Waals surface area contributed by atoms with Gasteiger partial charge in [-0.25, -0.2) is 0 Å². The van der Waals surface area contributed by atoms with Crippen molar-refractivity contribution in [2.45, 2.75) is 68.9 Å². The van der Waals surface area contributed by atoms with Crippen molar-refractivity contribution >= 4 is 5.97 Å². The van der Waals surface area contributed by atoms with Crippen LogP contribution >= 0.6 is 0 Å². The molecule has 5 nitrogen and oxygen atoms in total. The van der Waals surface area contributed by atoms with Crippen LogP contribution in [0.2, 0.25) is 0 Å². The first-order valence-electron chi connectivity index (χ1n) is 6.20.